The van der Waals surface area contributed by atoms with Crippen LogP contribution in [0.4, 0.5) is 30.7 Å². The van der Waals surface area contributed by atoms with E-state index in [1.165, 1.54) is 0 Å². The maximum atomic E-state index is 13.2. The van der Waals surface area contributed by atoms with E-state index in [0.717, 1.165) is 0 Å². The van der Waals surface area contributed by atoms with Gasteiger partial charge in [-0.3, -0.25) is 0 Å². The Labute approximate surface area is 95.8 Å². The molecule has 0 aliphatic heterocycles. The van der Waals surface area contributed by atoms with Crippen LogP contribution in [-0.2, 0) is 6.18 Å². The fraction of sp³-hybridized carbons (Fsp3) is 0.333. The molecule has 9 heteroatoms. The molecule has 2 nitrogen and oxygen atoms in total. The lowest BCUT2D eigenvalue weighted by Gasteiger charge is -2.16. The number of rotatable bonds is 2. The first-order chi connectivity index (χ1) is 8.12. The second-order valence-corrected chi connectivity index (χ2v) is 3.33. The van der Waals surface area contributed by atoms with Gasteiger partial charge in [0.1, 0.15) is 5.56 Å². The quantitative estimate of drug-likeness (QED) is 0.643. The SMILES string of the molecule is N[C@@H](CO)c1c(F)c(F)c(C(F)(F)F)c(F)c1F. The number of aliphatic hydroxyl groups excluding tert-OH is 1. The molecule has 0 spiro atoms. The molecule has 0 bridgehead atoms. The third-order valence-corrected chi connectivity index (χ3v) is 2.15. The van der Waals surface area contributed by atoms with Crippen molar-refractivity contribution in [3.63, 3.8) is 0 Å². The van der Waals surface area contributed by atoms with Crippen molar-refractivity contribution in [2.75, 3.05) is 6.61 Å². The van der Waals surface area contributed by atoms with Crippen LogP contribution < -0.4 is 5.73 Å². The number of hydrogen-bond donors (Lipinski definition) is 2. The number of aliphatic hydroxyl groups is 1. The first-order valence-electron chi connectivity index (χ1n) is 4.42. The zero-order chi connectivity index (χ0) is 14.2. The van der Waals surface area contributed by atoms with E-state index in [2.05, 4.69) is 0 Å². The molecule has 0 saturated carbocycles. The average molecular weight is 277 g/mol. The van der Waals surface area contributed by atoms with E-state index in [1.54, 1.807) is 0 Å². The number of benzene rings is 1. The fourth-order valence-corrected chi connectivity index (χ4v) is 1.31. The van der Waals surface area contributed by atoms with Gasteiger partial charge in [-0.05, 0) is 0 Å². The predicted octanol–water partition coefficient (Wildman–Crippen LogP) is 2.25. The van der Waals surface area contributed by atoms with Gasteiger partial charge in [0, 0.05) is 5.56 Å². The summed E-state index contributed by atoms with van der Waals surface area (Å²) in [6.07, 6.45) is -5.60. The Morgan fingerprint density at radius 3 is 1.61 bits per heavy atom. The van der Waals surface area contributed by atoms with Gasteiger partial charge in [-0.25, -0.2) is 17.6 Å². The number of nitrogens with two attached hydrogens (primary N) is 1. The van der Waals surface area contributed by atoms with Crippen molar-refractivity contribution in [3.8, 4) is 0 Å². The lowest BCUT2D eigenvalue weighted by atomic mass is 10.0. The first-order valence-corrected chi connectivity index (χ1v) is 4.42. The molecule has 0 amide bonds. The Kier molecular flexibility index (Phi) is 3.86. The Bertz CT molecular complexity index is 442. The van der Waals surface area contributed by atoms with Gasteiger partial charge in [0.05, 0.1) is 12.6 Å². The molecule has 1 aromatic rings. The lowest BCUT2D eigenvalue weighted by Crippen LogP contribution is -2.23. The smallest absolute Gasteiger partial charge is 0.394 e. The molecule has 0 fully saturated rings. The Balaban J connectivity index is 3.67. The van der Waals surface area contributed by atoms with Crippen LogP contribution in [0, 0.1) is 23.3 Å². The van der Waals surface area contributed by atoms with E-state index in [1.807, 2.05) is 0 Å². The summed E-state index contributed by atoms with van der Waals surface area (Å²) in [5, 5.41) is 8.52. The Morgan fingerprint density at radius 2 is 1.33 bits per heavy atom. The lowest BCUT2D eigenvalue weighted by molar-refractivity contribution is -0.143. The Morgan fingerprint density at radius 1 is 0.944 bits per heavy atom. The number of halogens is 7. The largest absolute Gasteiger partial charge is 0.422 e. The van der Waals surface area contributed by atoms with Crippen molar-refractivity contribution >= 4 is 0 Å². The molecule has 1 rings (SSSR count). The molecule has 18 heavy (non-hydrogen) atoms. The van der Waals surface area contributed by atoms with Gasteiger partial charge in [-0.2, -0.15) is 13.2 Å². The molecule has 102 valence electrons. The third kappa shape index (κ3) is 2.27. The van der Waals surface area contributed by atoms with Crippen LogP contribution in [0.15, 0.2) is 0 Å². The second kappa shape index (κ2) is 4.73. The summed E-state index contributed by atoms with van der Waals surface area (Å²) >= 11 is 0. The van der Waals surface area contributed by atoms with Gasteiger partial charge in [-0.15, -0.1) is 0 Å². The molecule has 0 aliphatic rings. The highest BCUT2D eigenvalue weighted by atomic mass is 19.4. The van der Waals surface area contributed by atoms with Crippen LogP contribution in [0.25, 0.3) is 0 Å². The molecule has 1 aromatic carbocycles. The van der Waals surface area contributed by atoms with Crippen LogP contribution in [0.3, 0.4) is 0 Å². The summed E-state index contributed by atoms with van der Waals surface area (Å²) < 4.78 is 89.1. The number of hydrogen-bond acceptors (Lipinski definition) is 2. The molecular weight excluding hydrogens is 271 g/mol. The van der Waals surface area contributed by atoms with Gasteiger partial charge in [0.2, 0.25) is 0 Å². The maximum Gasteiger partial charge on any atom is 0.422 e. The molecule has 0 aromatic heterocycles. The Hall–Kier alpha value is -1.35. The topological polar surface area (TPSA) is 46.2 Å². The van der Waals surface area contributed by atoms with Crippen molar-refractivity contribution < 1.29 is 35.8 Å². The van der Waals surface area contributed by atoms with Crippen LogP contribution in [-0.4, -0.2) is 11.7 Å². The minimum atomic E-state index is -5.60. The zero-order valence-electron chi connectivity index (χ0n) is 8.45. The monoisotopic (exact) mass is 277 g/mol. The highest BCUT2D eigenvalue weighted by Gasteiger charge is 2.42. The van der Waals surface area contributed by atoms with Crippen molar-refractivity contribution in [2.45, 2.75) is 12.2 Å². The van der Waals surface area contributed by atoms with Gasteiger partial charge in [0.15, 0.2) is 23.3 Å². The highest BCUT2D eigenvalue weighted by Crippen LogP contribution is 2.37. The summed E-state index contributed by atoms with van der Waals surface area (Å²) in [4.78, 5) is 0. The zero-order valence-corrected chi connectivity index (χ0v) is 8.45. The molecule has 1 atom stereocenters. The van der Waals surface area contributed by atoms with Crippen LogP contribution >= 0.6 is 0 Å². The van der Waals surface area contributed by atoms with E-state index in [-0.39, 0.29) is 0 Å². The van der Waals surface area contributed by atoms with Gasteiger partial charge < -0.3 is 10.8 Å². The number of alkyl halides is 3. The highest BCUT2D eigenvalue weighted by molar-refractivity contribution is 5.33. The summed E-state index contributed by atoms with van der Waals surface area (Å²) in [5.74, 6) is -9.74. The maximum absolute atomic E-state index is 13.2. The summed E-state index contributed by atoms with van der Waals surface area (Å²) in [6.45, 7) is -1.10. The molecule has 0 heterocycles. The standard InChI is InChI=1S/C9H6F7NO/c10-5-3(2(17)1-18)6(11)8(13)4(7(5)12)9(14,15)16/h2,18H,1,17H2/t2-/m0/s1. The molecule has 0 aliphatic carbocycles. The molecule has 0 unspecified atom stereocenters. The summed E-state index contributed by atoms with van der Waals surface area (Å²) in [6, 6.07) is -1.88. The van der Waals surface area contributed by atoms with E-state index in [4.69, 9.17) is 10.8 Å². The molecule has 0 radical (unpaired) electrons. The fourth-order valence-electron chi connectivity index (χ4n) is 1.31. The van der Waals surface area contributed by atoms with Gasteiger partial charge in [0.25, 0.3) is 0 Å². The van der Waals surface area contributed by atoms with E-state index >= 15 is 0 Å². The normalized spacial score (nSPS) is 13.8. The molecule has 0 saturated heterocycles. The van der Waals surface area contributed by atoms with Crippen LogP contribution in [0.1, 0.15) is 17.2 Å². The van der Waals surface area contributed by atoms with E-state index in [0.29, 0.717) is 0 Å². The third-order valence-electron chi connectivity index (χ3n) is 2.15. The van der Waals surface area contributed by atoms with Crippen LogP contribution in [0.2, 0.25) is 0 Å². The van der Waals surface area contributed by atoms with Crippen molar-refractivity contribution in [3.05, 3.63) is 34.4 Å². The van der Waals surface area contributed by atoms with Gasteiger partial charge in [-0.1, -0.05) is 0 Å². The predicted molar refractivity (Wildman–Crippen MR) is 45.3 cm³/mol. The summed E-state index contributed by atoms with van der Waals surface area (Å²) in [5.41, 5.74) is 0.802. The van der Waals surface area contributed by atoms with Crippen molar-refractivity contribution in [1.82, 2.24) is 0 Å². The minimum Gasteiger partial charge on any atom is -0.394 e. The van der Waals surface area contributed by atoms with Gasteiger partial charge >= 0.3 is 6.18 Å². The summed E-state index contributed by atoms with van der Waals surface area (Å²) in [7, 11) is 0. The first kappa shape index (κ1) is 14.7. The van der Waals surface area contributed by atoms with Crippen LogP contribution in [0.5, 0.6) is 0 Å². The minimum absolute atomic E-state index is 1.10. The average Bonchev–Trinajstić information content (AvgIpc) is 2.24. The molecular formula is C9H6F7NO. The van der Waals surface area contributed by atoms with Crippen molar-refractivity contribution in [2.24, 2.45) is 5.73 Å². The molecule has 3 N–H and O–H groups in total. The second-order valence-electron chi connectivity index (χ2n) is 3.33. The van der Waals surface area contributed by atoms with E-state index in [9.17, 15) is 30.7 Å². The van der Waals surface area contributed by atoms with Crippen molar-refractivity contribution in [1.29, 1.82) is 0 Å². The van der Waals surface area contributed by atoms with E-state index < -0.39 is 53.2 Å².